The largest absolute Gasteiger partial charge is 0.409 e. The highest BCUT2D eigenvalue weighted by Crippen LogP contribution is 2.14. The fourth-order valence-corrected chi connectivity index (χ4v) is 1.12. The molecule has 1 heterocycles. The second-order valence-electron chi connectivity index (χ2n) is 1.98. The van der Waals surface area contributed by atoms with Crippen molar-refractivity contribution in [3.05, 3.63) is 28.0 Å². The molecule has 0 bridgehead atoms. The Kier molecular flexibility index (Phi) is 2.73. The predicted octanol–water partition coefficient (Wildman–Crippen LogP) is 1.48. The van der Waals surface area contributed by atoms with E-state index >= 15 is 0 Å². The summed E-state index contributed by atoms with van der Waals surface area (Å²) in [7, 11) is 0. The highest BCUT2D eigenvalue weighted by atomic mass is 35.5. The van der Waals surface area contributed by atoms with Gasteiger partial charge in [-0.25, -0.2) is 4.98 Å². The summed E-state index contributed by atoms with van der Waals surface area (Å²) in [6.45, 7) is 0. The van der Waals surface area contributed by atoms with Crippen LogP contribution in [0.2, 0.25) is 10.2 Å². The zero-order valence-corrected chi connectivity index (χ0v) is 7.34. The minimum absolute atomic E-state index is 0.126. The van der Waals surface area contributed by atoms with E-state index in [1.165, 1.54) is 12.1 Å². The minimum Gasteiger partial charge on any atom is -0.409 e. The first-order chi connectivity index (χ1) is 5.63. The molecule has 0 unspecified atom stereocenters. The Morgan fingerprint density at radius 1 is 1.50 bits per heavy atom. The van der Waals surface area contributed by atoms with Gasteiger partial charge in [0, 0.05) is 5.02 Å². The van der Waals surface area contributed by atoms with Crippen LogP contribution in [0.3, 0.4) is 0 Å². The second kappa shape index (κ2) is 3.60. The molecule has 1 aromatic heterocycles. The van der Waals surface area contributed by atoms with E-state index in [1.807, 2.05) is 0 Å². The number of aromatic nitrogens is 1. The topological polar surface area (TPSA) is 71.5 Å². The number of oxime groups is 1. The molecule has 0 aliphatic carbocycles. The number of nitrogens with two attached hydrogens (primary N) is 1. The van der Waals surface area contributed by atoms with Crippen LogP contribution in [0.15, 0.2) is 17.3 Å². The number of hydrogen-bond donors (Lipinski definition) is 2. The van der Waals surface area contributed by atoms with Crippen molar-refractivity contribution in [2.75, 3.05) is 0 Å². The molecule has 12 heavy (non-hydrogen) atoms. The lowest BCUT2D eigenvalue weighted by Gasteiger charge is -1.98. The van der Waals surface area contributed by atoms with Gasteiger partial charge >= 0.3 is 0 Å². The summed E-state index contributed by atoms with van der Waals surface area (Å²) >= 11 is 11.2. The molecule has 0 radical (unpaired) electrons. The lowest BCUT2D eigenvalue weighted by Crippen LogP contribution is -2.14. The summed E-state index contributed by atoms with van der Waals surface area (Å²) in [6, 6.07) is 2.90. The molecule has 1 rings (SSSR count). The van der Waals surface area contributed by atoms with Crippen LogP contribution >= 0.6 is 23.2 Å². The number of hydrogen-bond acceptors (Lipinski definition) is 3. The van der Waals surface area contributed by atoms with Crippen molar-refractivity contribution in [1.82, 2.24) is 4.98 Å². The fraction of sp³-hybridized carbons (Fsp3) is 0. The maximum atomic E-state index is 8.31. The summed E-state index contributed by atoms with van der Waals surface area (Å²) in [5, 5.41) is 11.6. The van der Waals surface area contributed by atoms with Crippen molar-refractivity contribution in [2.45, 2.75) is 0 Å². The van der Waals surface area contributed by atoms with Gasteiger partial charge < -0.3 is 10.9 Å². The van der Waals surface area contributed by atoms with Crippen LogP contribution < -0.4 is 5.73 Å². The summed E-state index contributed by atoms with van der Waals surface area (Å²) in [4.78, 5) is 3.77. The van der Waals surface area contributed by atoms with Crippen LogP contribution in [0.25, 0.3) is 0 Å². The lowest BCUT2D eigenvalue weighted by atomic mass is 10.3. The summed E-state index contributed by atoms with van der Waals surface area (Å²) in [5.74, 6) is -0.126. The molecular formula is C6H5Cl2N3O. The molecule has 3 N–H and O–H groups in total. The van der Waals surface area contributed by atoms with Gasteiger partial charge in [0.2, 0.25) is 0 Å². The van der Waals surface area contributed by atoms with Crippen molar-refractivity contribution in [1.29, 1.82) is 0 Å². The number of amidine groups is 1. The number of rotatable bonds is 1. The first kappa shape index (κ1) is 9.09. The zero-order valence-electron chi connectivity index (χ0n) is 5.83. The van der Waals surface area contributed by atoms with Gasteiger partial charge in [0.05, 0.1) is 0 Å². The van der Waals surface area contributed by atoms with Gasteiger partial charge in [0.1, 0.15) is 10.8 Å². The van der Waals surface area contributed by atoms with Crippen molar-refractivity contribution in [3.8, 4) is 0 Å². The highest BCUT2D eigenvalue weighted by Gasteiger charge is 2.03. The lowest BCUT2D eigenvalue weighted by molar-refractivity contribution is 0.318. The maximum absolute atomic E-state index is 8.31. The Bertz CT molecular complexity index is 306. The molecule has 0 atom stereocenters. The standard InChI is InChI=1S/C6H5Cl2N3O/c7-3-1-4(6(9)11-12)10-5(8)2-3/h1-2,12H,(H2,9,11). The molecule has 6 heteroatoms. The smallest absolute Gasteiger partial charge is 0.188 e. The van der Waals surface area contributed by atoms with Crippen LogP contribution in [-0.2, 0) is 0 Å². The van der Waals surface area contributed by atoms with Gasteiger partial charge in [-0.1, -0.05) is 28.4 Å². The van der Waals surface area contributed by atoms with E-state index in [0.717, 1.165) is 0 Å². The molecular weight excluding hydrogens is 201 g/mol. The molecule has 0 saturated heterocycles. The Labute approximate surface area is 78.6 Å². The third-order valence-electron chi connectivity index (χ3n) is 1.13. The summed E-state index contributed by atoms with van der Waals surface area (Å²) < 4.78 is 0. The van der Waals surface area contributed by atoms with E-state index in [2.05, 4.69) is 10.1 Å². The van der Waals surface area contributed by atoms with Gasteiger partial charge in [-0.3, -0.25) is 0 Å². The number of pyridine rings is 1. The third kappa shape index (κ3) is 1.99. The first-order valence-electron chi connectivity index (χ1n) is 2.94. The summed E-state index contributed by atoms with van der Waals surface area (Å²) in [6.07, 6.45) is 0. The van der Waals surface area contributed by atoms with E-state index in [9.17, 15) is 0 Å². The Morgan fingerprint density at radius 3 is 2.67 bits per heavy atom. The third-order valence-corrected chi connectivity index (χ3v) is 1.54. The van der Waals surface area contributed by atoms with E-state index in [4.69, 9.17) is 34.1 Å². The molecule has 0 amide bonds. The van der Waals surface area contributed by atoms with Gasteiger partial charge in [-0.05, 0) is 12.1 Å². The van der Waals surface area contributed by atoms with Gasteiger partial charge in [0.15, 0.2) is 5.84 Å². The minimum atomic E-state index is -0.126. The summed E-state index contributed by atoms with van der Waals surface area (Å²) in [5.41, 5.74) is 5.50. The van der Waals surface area contributed by atoms with Crippen molar-refractivity contribution >= 4 is 29.0 Å². The van der Waals surface area contributed by atoms with Crippen LogP contribution in [0, 0.1) is 0 Å². The van der Waals surface area contributed by atoms with Crippen LogP contribution in [-0.4, -0.2) is 16.0 Å². The number of halogens is 2. The van der Waals surface area contributed by atoms with Crippen molar-refractivity contribution < 1.29 is 5.21 Å². The molecule has 1 aromatic rings. The van der Waals surface area contributed by atoms with Gasteiger partial charge in [-0.2, -0.15) is 0 Å². The fourth-order valence-electron chi connectivity index (χ4n) is 0.648. The van der Waals surface area contributed by atoms with E-state index in [0.29, 0.717) is 5.02 Å². The predicted molar refractivity (Wildman–Crippen MR) is 46.8 cm³/mol. The van der Waals surface area contributed by atoms with Crippen molar-refractivity contribution in [3.63, 3.8) is 0 Å². The normalized spacial score (nSPS) is 11.7. The molecule has 0 fully saturated rings. The van der Waals surface area contributed by atoms with E-state index in [1.54, 1.807) is 0 Å². The SMILES string of the molecule is NC(=NO)c1cc(Cl)cc(Cl)n1. The Hall–Kier alpha value is -1.00. The average molecular weight is 206 g/mol. The van der Waals surface area contributed by atoms with Crippen LogP contribution in [0.4, 0.5) is 0 Å². The molecule has 0 aliphatic heterocycles. The first-order valence-corrected chi connectivity index (χ1v) is 3.70. The van der Waals surface area contributed by atoms with E-state index < -0.39 is 0 Å². The monoisotopic (exact) mass is 205 g/mol. The Morgan fingerprint density at radius 2 is 2.17 bits per heavy atom. The van der Waals surface area contributed by atoms with Crippen LogP contribution in [0.5, 0.6) is 0 Å². The number of nitrogens with zero attached hydrogens (tertiary/aromatic N) is 2. The van der Waals surface area contributed by atoms with Crippen LogP contribution in [0.1, 0.15) is 5.69 Å². The van der Waals surface area contributed by atoms with Crippen molar-refractivity contribution in [2.24, 2.45) is 10.9 Å². The maximum Gasteiger partial charge on any atom is 0.188 e. The molecule has 0 aliphatic rings. The molecule has 0 saturated carbocycles. The van der Waals surface area contributed by atoms with Gasteiger partial charge in [0.25, 0.3) is 0 Å². The van der Waals surface area contributed by atoms with Gasteiger partial charge in [-0.15, -0.1) is 0 Å². The average Bonchev–Trinajstić information content (AvgIpc) is 2.01. The highest BCUT2D eigenvalue weighted by molar-refractivity contribution is 6.34. The van der Waals surface area contributed by atoms with E-state index in [-0.39, 0.29) is 16.7 Å². The zero-order chi connectivity index (χ0) is 9.14. The molecule has 0 spiro atoms. The quantitative estimate of drug-likeness (QED) is 0.240. The Balaban J connectivity index is 3.17. The molecule has 64 valence electrons. The second-order valence-corrected chi connectivity index (χ2v) is 2.80. The molecule has 0 aromatic carbocycles. The molecule has 4 nitrogen and oxygen atoms in total.